The molecule has 2 aromatic carbocycles. The number of aryl methyl sites for hydroxylation is 1. The molecule has 1 aromatic heterocycles. The van der Waals surface area contributed by atoms with Crippen LogP contribution in [0.3, 0.4) is 0 Å². The van der Waals surface area contributed by atoms with E-state index in [0.717, 1.165) is 48.9 Å². The summed E-state index contributed by atoms with van der Waals surface area (Å²) < 4.78 is 11.3. The molecule has 4 nitrogen and oxygen atoms in total. The maximum absolute atomic E-state index is 6.11. The van der Waals surface area contributed by atoms with Crippen LogP contribution in [0.1, 0.15) is 11.3 Å². The second kappa shape index (κ2) is 7.99. The van der Waals surface area contributed by atoms with Gasteiger partial charge in [-0.3, -0.25) is 4.99 Å². The summed E-state index contributed by atoms with van der Waals surface area (Å²) in [6.07, 6.45) is 1.74. The van der Waals surface area contributed by atoms with Crippen LogP contribution in [0.15, 0.2) is 64.0 Å². The third-order valence-electron chi connectivity index (χ3n) is 4.66. The monoisotopic (exact) mass is 380 g/mol. The third kappa shape index (κ3) is 4.24. The van der Waals surface area contributed by atoms with Gasteiger partial charge in [0.15, 0.2) is 0 Å². The first-order valence-electron chi connectivity index (χ1n) is 9.02. The molecule has 1 fully saturated rings. The molecule has 27 heavy (non-hydrogen) atoms. The van der Waals surface area contributed by atoms with Crippen molar-refractivity contribution in [2.45, 2.75) is 6.92 Å². The van der Waals surface area contributed by atoms with E-state index in [1.54, 1.807) is 6.21 Å². The summed E-state index contributed by atoms with van der Waals surface area (Å²) in [5.41, 5.74) is 4.21. The molecule has 138 valence electrons. The third-order valence-corrected chi connectivity index (χ3v) is 4.89. The summed E-state index contributed by atoms with van der Waals surface area (Å²) in [5, 5.41) is 0.697. The highest BCUT2D eigenvalue weighted by Crippen LogP contribution is 2.28. The molecule has 5 heteroatoms. The molecule has 1 aliphatic heterocycles. The van der Waals surface area contributed by atoms with E-state index < -0.39 is 0 Å². The lowest BCUT2D eigenvalue weighted by atomic mass is 10.1. The van der Waals surface area contributed by atoms with Crippen molar-refractivity contribution < 1.29 is 9.15 Å². The van der Waals surface area contributed by atoms with Gasteiger partial charge in [0.25, 0.3) is 0 Å². The predicted octanol–water partition coefficient (Wildman–Crippen LogP) is 5.50. The van der Waals surface area contributed by atoms with E-state index >= 15 is 0 Å². The lowest BCUT2D eigenvalue weighted by Gasteiger charge is -2.28. The Bertz CT molecular complexity index is 941. The number of furan rings is 1. The van der Waals surface area contributed by atoms with Gasteiger partial charge in [-0.15, -0.1) is 0 Å². The highest BCUT2D eigenvalue weighted by molar-refractivity contribution is 6.30. The average Bonchev–Trinajstić information content (AvgIpc) is 3.18. The van der Waals surface area contributed by atoms with Crippen molar-refractivity contribution in [2.24, 2.45) is 4.99 Å². The maximum Gasteiger partial charge on any atom is 0.145 e. The predicted molar refractivity (Wildman–Crippen MR) is 111 cm³/mol. The summed E-state index contributed by atoms with van der Waals surface area (Å²) in [5.74, 6) is 1.50. The first-order chi connectivity index (χ1) is 13.2. The summed E-state index contributed by atoms with van der Waals surface area (Å²) in [4.78, 5) is 6.84. The van der Waals surface area contributed by atoms with Gasteiger partial charge < -0.3 is 14.1 Å². The minimum Gasteiger partial charge on any atom is -0.455 e. The smallest absolute Gasteiger partial charge is 0.145 e. The van der Waals surface area contributed by atoms with Crippen molar-refractivity contribution in [3.8, 4) is 11.3 Å². The number of rotatable bonds is 4. The fourth-order valence-corrected chi connectivity index (χ4v) is 3.31. The lowest BCUT2D eigenvalue weighted by molar-refractivity contribution is 0.122. The largest absolute Gasteiger partial charge is 0.455 e. The van der Waals surface area contributed by atoms with Gasteiger partial charge in [0.2, 0.25) is 0 Å². The van der Waals surface area contributed by atoms with Gasteiger partial charge >= 0.3 is 0 Å². The van der Waals surface area contributed by atoms with Gasteiger partial charge in [-0.2, -0.15) is 0 Å². The number of aliphatic imine (C=N–C) groups is 1. The summed E-state index contributed by atoms with van der Waals surface area (Å²) >= 11 is 6.11. The van der Waals surface area contributed by atoms with E-state index in [1.807, 2.05) is 49.4 Å². The Morgan fingerprint density at radius 3 is 2.56 bits per heavy atom. The Labute approximate surface area is 164 Å². The topological polar surface area (TPSA) is 38.0 Å². The van der Waals surface area contributed by atoms with Crippen molar-refractivity contribution in [3.63, 3.8) is 0 Å². The van der Waals surface area contributed by atoms with E-state index in [-0.39, 0.29) is 0 Å². The number of hydrogen-bond acceptors (Lipinski definition) is 4. The number of anilines is 1. The molecule has 4 rings (SSSR count). The molecule has 3 aromatic rings. The molecule has 1 aliphatic rings. The first kappa shape index (κ1) is 17.8. The first-order valence-corrected chi connectivity index (χ1v) is 9.40. The molecular formula is C22H21ClN2O2. The van der Waals surface area contributed by atoms with Gasteiger partial charge in [-0.1, -0.05) is 17.7 Å². The summed E-state index contributed by atoms with van der Waals surface area (Å²) in [7, 11) is 0. The Kier molecular flexibility index (Phi) is 5.28. The molecule has 0 saturated carbocycles. The van der Waals surface area contributed by atoms with Gasteiger partial charge in [0.05, 0.1) is 25.1 Å². The molecule has 0 unspecified atom stereocenters. The maximum atomic E-state index is 6.11. The second-order valence-electron chi connectivity index (χ2n) is 6.54. The molecule has 0 bridgehead atoms. The molecule has 0 spiro atoms. The van der Waals surface area contributed by atoms with Crippen LogP contribution in [0, 0.1) is 6.92 Å². The SMILES string of the molecule is Cc1ccc(Cl)cc1-c1ccc(C=Nc2ccc(N3CCOCC3)cc2)o1. The van der Waals surface area contributed by atoms with Crippen LogP contribution in [0.25, 0.3) is 11.3 Å². The molecular weight excluding hydrogens is 360 g/mol. The Balaban J connectivity index is 1.47. The number of nitrogens with zero attached hydrogens (tertiary/aromatic N) is 2. The Morgan fingerprint density at radius 1 is 1.00 bits per heavy atom. The highest BCUT2D eigenvalue weighted by atomic mass is 35.5. The van der Waals surface area contributed by atoms with E-state index in [9.17, 15) is 0 Å². The quantitative estimate of drug-likeness (QED) is 0.561. The minimum atomic E-state index is 0.697. The lowest BCUT2D eigenvalue weighted by Crippen LogP contribution is -2.36. The van der Waals surface area contributed by atoms with Gasteiger partial charge in [0, 0.05) is 29.4 Å². The number of ether oxygens (including phenoxy) is 1. The molecule has 0 aliphatic carbocycles. The minimum absolute atomic E-state index is 0.697. The van der Waals surface area contributed by atoms with E-state index in [1.165, 1.54) is 5.69 Å². The van der Waals surface area contributed by atoms with Crippen LogP contribution in [0.4, 0.5) is 11.4 Å². The zero-order chi connectivity index (χ0) is 18.6. The van der Waals surface area contributed by atoms with Crippen LogP contribution in [-0.2, 0) is 4.74 Å². The number of halogens is 1. The zero-order valence-electron chi connectivity index (χ0n) is 15.2. The number of benzene rings is 2. The Morgan fingerprint density at radius 2 is 1.78 bits per heavy atom. The molecule has 0 atom stereocenters. The molecule has 0 radical (unpaired) electrons. The van der Waals surface area contributed by atoms with Crippen LogP contribution in [0.2, 0.25) is 5.02 Å². The van der Waals surface area contributed by atoms with Gasteiger partial charge in [-0.05, 0) is 61.0 Å². The van der Waals surface area contributed by atoms with Crippen LogP contribution < -0.4 is 4.90 Å². The Hall–Kier alpha value is -2.56. The highest BCUT2D eigenvalue weighted by Gasteiger charge is 2.11. The number of morpholine rings is 1. The standard InChI is InChI=1S/C22H21ClN2O2/c1-16-2-3-17(23)14-21(16)22-9-8-20(27-22)15-24-18-4-6-19(7-5-18)25-10-12-26-13-11-25/h2-9,14-15H,10-13H2,1H3. The second-order valence-corrected chi connectivity index (χ2v) is 6.97. The van der Waals surface area contributed by atoms with Crippen molar-refractivity contribution in [3.05, 3.63) is 70.9 Å². The van der Waals surface area contributed by atoms with Crippen molar-refractivity contribution in [1.29, 1.82) is 0 Å². The van der Waals surface area contributed by atoms with E-state index in [4.69, 9.17) is 20.8 Å². The summed E-state index contributed by atoms with van der Waals surface area (Å²) in [6, 6.07) is 17.9. The number of hydrogen-bond donors (Lipinski definition) is 0. The van der Waals surface area contributed by atoms with Crippen LogP contribution >= 0.6 is 11.6 Å². The fourth-order valence-electron chi connectivity index (χ4n) is 3.14. The van der Waals surface area contributed by atoms with Crippen molar-refractivity contribution in [2.75, 3.05) is 31.2 Å². The molecule has 0 amide bonds. The van der Waals surface area contributed by atoms with Crippen LogP contribution in [-0.4, -0.2) is 32.5 Å². The van der Waals surface area contributed by atoms with Gasteiger partial charge in [0.1, 0.15) is 11.5 Å². The summed E-state index contributed by atoms with van der Waals surface area (Å²) in [6.45, 7) is 5.47. The van der Waals surface area contributed by atoms with E-state index in [0.29, 0.717) is 10.8 Å². The average molecular weight is 381 g/mol. The van der Waals surface area contributed by atoms with Crippen molar-refractivity contribution in [1.82, 2.24) is 0 Å². The van der Waals surface area contributed by atoms with Crippen LogP contribution in [0.5, 0.6) is 0 Å². The molecule has 1 saturated heterocycles. The fraction of sp³-hybridized carbons (Fsp3) is 0.227. The van der Waals surface area contributed by atoms with E-state index in [2.05, 4.69) is 22.0 Å². The normalized spacial score (nSPS) is 14.8. The van der Waals surface area contributed by atoms with Gasteiger partial charge in [-0.25, -0.2) is 0 Å². The zero-order valence-corrected chi connectivity index (χ0v) is 15.9. The van der Waals surface area contributed by atoms with Crippen molar-refractivity contribution >= 4 is 29.2 Å². The molecule has 0 N–H and O–H groups in total. The molecule has 2 heterocycles.